The van der Waals surface area contributed by atoms with Crippen molar-refractivity contribution in [3.63, 3.8) is 0 Å². The van der Waals surface area contributed by atoms with E-state index >= 15 is 0 Å². The number of nitrogens with zero attached hydrogens (tertiary/aromatic N) is 3. The van der Waals surface area contributed by atoms with Gasteiger partial charge in [0.05, 0.1) is 6.04 Å². The van der Waals surface area contributed by atoms with Gasteiger partial charge in [0.15, 0.2) is 0 Å². The number of benzene rings is 1. The van der Waals surface area contributed by atoms with Crippen LogP contribution in [0.3, 0.4) is 0 Å². The van der Waals surface area contributed by atoms with Crippen molar-refractivity contribution in [2.24, 2.45) is 10.9 Å². The van der Waals surface area contributed by atoms with Gasteiger partial charge in [0.2, 0.25) is 5.91 Å². The second-order valence-corrected chi connectivity index (χ2v) is 8.43. The van der Waals surface area contributed by atoms with E-state index in [2.05, 4.69) is 58.7 Å². The average Bonchev–Trinajstić information content (AvgIpc) is 2.78. The molecule has 6 nitrogen and oxygen atoms in total. The zero-order chi connectivity index (χ0) is 22.0. The maximum absolute atomic E-state index is 12.5. The van der Waals surface area contributed by atoms with Gasteiger partial charge in [-0.2, -0.15) is 0 Å². The highest BCUT2D eigenvalue weighted by Gasteiger charge is 2.38. The number of hydrogen-bond acceptors (Lipinski definition) is 5. The molecule has 6 heteroatoms. The fourth-order valence-corrected chi connectivity index (χ4v) is 4.66. The van der Waals surface area contributed by atoms with Gasteiger partial charge in [0.1, 0.15) is 5.82 Å². The van der Waals surface area contributed by atoms with Gasteiger partial charge in [-0.15, -0.1) is 0 Å². The van der Waals surface area contributed by atoms with E-state index in [0.717, 1.165) is 42.1 Å². The molecule has 2 aromatic rings. The molecule has 0 saturated heterocycles. The van der Waals surface area contributed by atoms with Crippen molar-refractivity contribution in [3.8, 4) is 0 Å². The molecule has 0 fully saturated rings. The van der Waals surface area contributed by atoms with Crippen molar-refractivity contribution in [2.45, 2.75) is 39.3 Å². The molecule has 0 bridgehead atoms. The fraction of sp³-hybridized carbons (Fsp3) is 0.400. The van der Waals surface area contributed by atoms with Gasteiger partial charge in [-0.05, 0) is 60.9 Å². The Hall–Kier alpha value is -2.99. The van der Waals surface area contributed by atoms with Crippen LogP contribution in [0.1, 0.15) is 49.9 Å². The minimum atomic E-state index is 0.0565. The Bertz CT molecular complexity index is 1010. The topological polar surface area (TPSA) is 69.6 Å². The van der Waals surface area contributed by atoms with E-state index in [-0.39, 0.29) is 23.9 Å². The number of pyridine rings is 1. The number of nitrogens with one attached hydrogen (secondary N) is 2. The van der Waals surface area contributed by atoms with Gasteiger partial charge < -0.3 is 15.5 Å². The van der Waals surface area contributed by atoms with Crippen LogP contribution in [0.2, 0.25) is 0 Å². The lowest BCUT2D eigenvalue weighted by atomic mass is 9.81. The van der Waals surface area contributed by atoms with Crippen LogP contribution in [0.4, 0.5) is 11.5 Å². The zero-order valence-electron chi connectivity index (χ0n) is 18.7. The van der Waals surface area contributed by atoms with Crippen LogP contribution in [-0.2, 0) is 4.79 Å². The maximum atomic E-state index is 12.5. The van der Waals surface area contributed by atoms with Crippen molar-refractivity contribution in [3.05, 3.63) is 59.3 Å². The Morgan fingerprint density at radius 1 is 1.29 bits per heavy atom. The fourth-order valence-electron chi connectivity index (χ4n) is 4.66. The number of carbonyl (C=O) groups is 1. The first-order valence-corrected chi connectivity index (χ1v) is 11.0. The van der Waals surface area contributed by atoms with Crippen molar-refractivity contribution in [1.29, 1.82) is 0 Å². The first-order chi connectivity index (χ1) is 15.0. The first-order valence-electron chi connectivity index (χ1n) is 11.0. The molecule has 3 heterocycles. The second kappa shape index (κ2) is 9.02. The lowest BCUT2D eigenvalue weighted by Crippen LogP contribution is -2.48. The first kappa shape index (κ1) is 21.2. The summed E-state index contributed by atoms with van der Waals surface area (Å²) in [7, 11) is 1.75. The van der Waals surface area contributed by atoms with Crippen LogP contribution < -0.4 is 15.5 Å². The number of anilines is 2. The van der Waals surface area contributed by atoms with Gasteiger partial charge in [-0.3, -0.25) is 9.79 Å². The van der Waals surface area contributed by atoms with Crippen LogP contribution in [-0.4, -0.2) is 43.3 Å². The molecule has 1 aromatic heterocycles. The second-order valence-electron chi connectivity index (χ2n) is 8.43. The standard InChI is InChI=1S/C25H31N5O/c1-16-17(2)30(18(3)31)23-7-6-21(20-9-11-27-12-10-20)13-22(23)25(16)29-24-8-5-19(14-26-4)15-28-24/h5-9,13-17,25,27H,10-12H2,1-4H3,(H,28,29). The molecule has 3 unspecified atom stereocenters. The van der Waals surface area contributed by atoms with Gasteiger partial charge >= 0.3 is 0 Å². The molecule has 162 valence electrons. The molecule has 1 aromatic carbocycles. The molecule has 3 atom stereocenters. The van der Waals surface area contributed by atoms with E-state index in [0.29, 0.717) is 0 Å². The Kier molecular flexibility index (Phi) is 6.18. The monoisotopic (exact) mass is 417 g/mol. The highest BCUT2D eigenvalue weighted by Crippen LogP contribution is 2.43. The quantitative estimate of drug-likeness (QED) is 0.737. The van der Waals surface area contributed by atoms with E-state index in [9.17, 15) is 4.79 Å². The molecule has 2 aliphatic heterocycles. The normalized spacial score (nSPS) is 23.4. The summed E-state index contributed by atoms with van der Waals surface area (Å²) in [5, 5.41) is 7.03. The third-order valence-electron chi connectivity index (χ3n) is 6.46. The molecular weight excluding hydrogens is 386 g/mol. The predicted octanol–water partition coefficient (Wildman–Crippen LogP) is 4.05. The van der Waals surface area contributed by atoms with Gasteiger partial charge in [0.25, 0.3) is 0 Å². The van der Waals surface area contributed by atoms with Crippen LogP contribution in [0.15, 0.2) is 47.6 Å². The van der Waals surface area contributed by atoms with Gasteiger partial charge in [0, 0.05) is 56.1 Å². The number of rotatable bonds is 4. The van der Waals surface area contributed by atoms with Crippen molar-refractivity contribution in [1.82, 2.24) is 10.3 Å². The molecule has 2 aliphatic rings. The zero-order valence-corrected chi connectivity index (χ0v) is 18.7. The van der Waals surface area contributed by atoms with E-state index < -0.39 is 0 Å². The Balaban J connectivity index is 1.74. The number of amides is 1. The van der Waals surface area contributed by atoms with E-state index in [1.54, 1.807) is 20.2 Å². The lowest BCUT2D eigenvalue weighted by molar-refractivity contribution is -0.117. The summed E-state index contributed by atoms with van der Waals surface area (Å²) < 4.78 is 0. The van der Waals surface area contributed by atoms with Crippen LogP contribution in [0.5, 0.6) is 0 Å². The summed E-state index contributed by atoms with van der Waals surface area (Å²) >= 11 is 0. The number of fused-ring (bicyclic) bond motifs is 1. The number of hydrogen-bond donors (Lipinski definition) is 2. The highest BCUT2D eigenvalue weighted by molar-refractivity contribution is 5.94. The smallest absolute Gasteiger partial charge is 0.224 e. The molecular formula is C25H31N5O. The molecule has 0 saturated carbocycles. The molecule has 0 spiro atoms. The minimum absolute atomic E-state index is 0.0565. The average molecular weight is 418 g/mol. The SMILES string of the molecule is CN=Cc1ccc(NC2c3cc(C4=CCNCC4)ccc3N(C(C)=O)C(C)C2C)nc1. The van der Waals surface area contributed by atoms with Crippen molar-refractivity contribution >= 4 is 29.2 Å². The third kappa shape index (κ3) is 4.26. The molecule has 4 rings (SSSR count). The summed E-state index contributed by atoms with van der Waals surface area (Å²) in [4.78, 5) is 23.1. The Morgan fingerprint density at radius 3 is 2.77 bits per heavy atom. The summed E-state index contributed by atoms with van der Waals surface area (Å²) in [5.74, 6) is 1.12. The summed E-state index contributed by atoms with van der Waals surface area (Å²) in [6.07, 6.45) is 6.90. The summed E-state index contributed by atoms with van der Waals surface area (Å²) in [6.45, 7) is 7.88. The van der Waals surface area contributed by atoms with Crippen LogP contribution in [0.25, 0.3) is 5.57 Å². The summed E-state index contributed by atoms with van der Waals surface area (Å²) in [6, 6.07) is 10.7. The van der Waals surface area contributed by atoms with E-state index in [4.69, 9.17) is 0 Å². The van der Waals surface area contributed by atoms with Crippen molar-refractivity contribution < 1.29 is 4.79 Å². The number of aliphatic imine (C=N–C) groups is 1. The molecule has 0 aliphatic carbocycles. The van der Waals surface area contributed by atoms with Crippen LogP contribution in [0, 0.1) is 5.92 Å². The lowest BCUT2D eigenvalue weighted by Gasteiger charge is -2.44. The van der Waals surface area contributed by atoms with Crippen molar-refractivity contribution in [2.75, 3.05) is 30.4 Å². The van der Waals surface area contributed by atoms with E-state index in [1.807, 2.05) is 23.2 Å². The van der Waals surface area contributed by atoms with Gasteiger partial charge in [-0.25, -0.2) is 4.98 Å². The van der Waals surface area contributed by atoms with Gasteiger partial charge in [-0.1, -0.05) is 19.1 Å². The van der Waals surface area contributed by atoms with E-state index in [1.165, 1.54) is 11.1 Å². The third-order valence-corrected chi connectivity index (χ3v) is 6.46. The molecule has 1 amide bonds. The summed E-state index contributed by atoms with van der Waals surface area (Å²) in [5.41, 5.74) is 5.71. The Morgan fingerprint density at radius 2 is 2.13 bits per heavy atom. The highest BCUT2D eigenvalue weighted by atomic mass is 16.2. The largest absolute Gasteiger partial charge is 0.363 e. The number of carbonyl (C=O) groups excluding carboxylic acids is 1. The predicted molar refractivity (Wildman–Crippen MR) is 128 cm³/mol. The molecule has 2 N–H and O–H groups in total. The minimum Gasteiger partial charge on any atom is -0.363 e. The Labute approximate surface area is 184 Å². The molecule has 0 radical (unpaired) electrons. The maximum Gasteiger partial charge on any atom is 0.224 e. The van der Waals surface area contributed by atoms with Crippen LogP contribution >= 0.6 is 0 Å². The number of aromatic nitrogens is 1. The molecule has 31 heavy (non-hydrogen) atoms.